The summed E-state index contributed by atoms with van der Waals surface area (Å²) in [6, 6.07) is 19.1. The van der Waals surface area contributed by atoms with Gasteiger partial charge in [0.15, 0.2) is 0 Å². The van der Waals surface area contributed by atoms with E-state index < -0.39 is 29.3 Å². The number of hydrogen-bond donors (Lipinski definition) is 3. The maximum absolute atomic E-state index is 13.9. The van der Waals surface area contributed by atoms with Crippen molar-refractivity contribution in [1.82, 2.24) is 5.32 Å². The van der Waals surface area contributed by atoms with E-state index in [2.05, 4.69) is 10.6 Å². The van der Waals surface area contributed by atoms with Gasteiger partial charge in [-0.15, -0.1) is 0 Å². The summed E-state index contributed by atoms with van der Waals surface area (Å²) in [4.78, 5) is 37.0. The Morgan fingerprint density at radius 3 is 2.17 bits per heavy atom. The number of carbonyl (C=O) groups is 3. The van der Waals surface area contributed by atoms with Gasteiger partial charge in [0.25, 0.3) is 5.91 Å². The van der Waals surface area contributed by atoms with E-state index in [4.69, 9.17) is 4.74 Å². The van der Waals surface area contributed by atoms with Gasteiger partial charge in [-0.3, -0.25) is 10.1 Å². The fraction of sp³-hybridized carbons (Fsp3) is 0.222. The summed E-state index contributed by atoms with van der Waals surface area (Å²) in [6.45, 7) is 3.02. The van der Waals surface area contributed by atoms with E-state index in [-0.39, 0.29) is 30.2 Å². The van der Waals surface area contributed by atoms with Crippen molar-refractivity contribution in [3.63, 3.8) is 0 Å². The second-order valence-electron chi connectivity index (χ2n) is 8.59. The molecular formula is C27H25FN2O5. The zero-order valence-electron chi connectivity index (χ0n) is 19.3. The predicted molar refractivity (Wildman–Crippen MR) is 129 cm³/mol. The monoisotopic (exact) mass is 476 g/mol. The first-order valence-electron chi connectivity index (χ1n) is 11.2. The van der Waals surface area contributed by atoms with Crippen LogP contribution < -0.4 is 10.6 Å². The van der Waals surface area contributed by atoms with Crippen molar-refractivity contribution in [2.75, 3.05) is 11.9 Å². The summed E-state index contributed by atoms with van der Waals surface area (Å²) in [7, 11) is 0. The lowest BCUT2D eigenvalue weighted by atomic mass is 9.98. The zero-order valence-corrected chi connectivity index (χ0v) is 19.3. The van der Waals surface area contributed by atoms with E-state index in [1.165, 1.54) is 13.0 Å². The predicted octanol–water partition coefficient (Wildman–Crippen LogP) is 5.17. The average Bonchev–Trinajstić information content (AvgIpc) is 3.17. The molecule has 4 rings (SSSR count). The minimum atomic E-state index is -1.55. The molecular weight excluding hydrogens is 451 g/mol. The molecule has 0 saturated carbocycles. The van der Waals surface area contributed by atoms with E-state index in [9.17, 15) is 23.9 Å². The highest BCUT2D eigenvalue weighted by Gasteiger charge is 2.34. The topological polar surface area (TPSA) is 105 Å². The van der Waals surface area contributed by atoms with Crippen LogP contribution in [0.15, 0.2) is 66.7 Å². The standard InChI is InChI=1S/C27H25FN2O5/c1-3-27(2,25(32)33)30-24(31)21-14-16(28)12-13-23(21)29-26(34)35-15-22-19-10-6-4-8-17(19)18-9-5-7-11-20(18)22/h4-14,22H,3,15H2,1-2H3,(H,29,34)(H,30,31)(H,32,33). The van der Waals surface area contributed by atoms with Crippen LogP contribution in [-0.2, 0) is 9.53 Å². The van der Waals surface area contributed by atoms with Crippen LogP contribution in [0, 0.1) is 5.82 Å². The first-order valence-corrected chi connectivity index (χ1v) is 11.2. The molecule has 0 aliphatic heterocycles. The van der Waals surface area contributed by atoms with Crippen LogP contribution in [0.3, 0.4) is 0 Å². The minimum Gasteiger partial charge on any atom is -0.480 e. The number of anilines is 1. The third-order valence-corrected chi connectivity index (χ3v) is 6.38. The summed E-state index contributed by atoms with van der Waals surface area (Å²) in [5.41, 5.74) is 2.53. The van der Waals surface area contributed by atoms with Crippen molar-refractivity contribution >= 4 is 23.7 Å². The van der Waals surface area contributed by atoms with Crippen molar-refractivity contribution in [1.29, 1.82) is 0 Å². The molecule has 0 heterocycles. The number of hydrogen-bond acceptors (Lipinski definition) is 4. The van der Waals surface area contributed by atoms with Crippen molar-refractivity contribution in [2.24, 2.45) is 0 Å². The van der Waals surface area contributed by atoms with E-state index in [1.54, 1.807) is 6.92 Å². The number of carbonyl (C=O) groups excluding carboxylic acids is 2. The Bertz CT molecular complexity index is 1260. The molecule has 0 saturated heterocycles. The third-order valence-electron chi connectivity index (χ3n) is 6.38. The molecule has 8 heteroatoms. The lowest BCUT2D eigenvalue weighted by Gasteiger charge is -2.25. The molecule has 1 atom stereocenters. The van der Waals surface area contributed by atoms with Gasteiger partial charge < -0.3 is 15.2 Å². The Labute approximate surface area is 201 Å². The smallest absolute Gasteiger partial charge is 0.411 e. The Balaban J connectivity index is 1.50. The Kier molecular flexibility index (Phi) is 6.55. The first-order chi connectivity index (χ1) is 16.7. The van der Waals surface area contributed by atoms with E-state index in [0.29, 0.717) is 0 Å². The molecule has 0 fully saturated rings. The number of ether oxygens (including phenoxy) is 1. The van der Waals surface area contributed by atoms with Gasteiger partial charge in [-0.05, 0) is 53.8 Å². The summed E-state index contributed by atoms with van der Waals surface area (Å²) in [5, 5.41) is 14.3. The van der Waals surface area contributed by atoms with Crippen molar-refractivity contribution in [2.45, 2.75) is 31.7 Å². The molecule has 3 aromatic carbocycles. The van der Waals surface area contributed by atoms with E-state index in [0.717, 1.165) is 34.4 Å². The van der Waals surface area contributed by atoms with Crippen molar-refractivity contribution in [3.8, 4) is 11.1 Å². The van der Waals surface area contributed by atoms with Gasteiger partial charge in [0, 0.05) is 5.92 Å². The van der Waals surface area contributed by atoms with E-state index >= 15 is 0 Å². The van der Waals surface area contributed by atoms with Gasteiger partial charge in [-0.1, -0.05) is 55.5 Å². The Hall–Kier alpha value is -4.20. The minimum absolute atomic E-state index is 0.00460. The second-order valence-corrected chi connectivity index (χ2v) is 8.59. The average molecular weight is 477 g/mol. The van der Waals surface area contributed by atoms with Crippen LogP contribution in [0.1, 0.15) is 47.7 Å². The van der Waals surface area contributed by atoms with Gasteiger partial charge in [0.05, 0.1) is 11.3 Å². The van der Waals surface area contributed by atoms with Crippen LogP contribution in [0.25, 0.3) is 11.1 Å². The summed E-state index contributed by atoms with van der Waals surface area (Å²) in [6.07, 6.45) is -0.706. The zero-order chi connectivity index (χ0) is 25.2. The first kappa shape index (κ1) is 23.9. The quantitative estimate of drug-likeness (QED) is 0.436. The van der Waals surface area contributed by atoms with Gasteiger partial charge in [0.1, 0.15) is 18.0 Å². The van der Waals surface area contributed by atoms with Crippen LogP contribution in [0.4, 0.5) is 14.9 Å². The van der Waals surface area contributed by atoms with Gasteiger partial charge >= 0.3 is 12.1 Å². The van der Waals surface area contributed by atoms with Crippen molar-refractivity contribution < 1.29 is 28.6 Å². The molecule has 35 heavy (non-hydrogen) atoms. The number of rotatable bonds is 7. The number of halogens is 1. The highest BCUT2D eigenvalue weighted by Crippen LogP contribution is 2.44. The number of carboxylic acids is 1. The number of amides is 2. The van der Waals surface area contributed by atoms with Gasteiger partial charge in [-0.2, -0.15) is 0 Å². The molecule has 0 bridgehead atoms. The maximum Gasteiger partial charge on any atom is 0.411 e. The number of aliphatic carboxylic acids is 1. The molecule has 7 nitrogen and oxygen atoms in total. The van der Waals surface area contributed by atoms with Crippen LogP contribution in [0.2, 0.25) is 0 Å². The number of benzene rings is 3. The fourth-order valence-electron chi connectivity index (χ4n) is 4.17. The summed E-state index contributed by atoms with van der Waals surface area (Å²) < 4.78 is 19.4. The molecule has 1 aliphatic carbocycles. The number of nitrogens with one attached hydrogen (secondary N) is 2. The summed E-state index contributed by atoms with van der Waals surface area (Å²) in [5.74, 6) is -2.91. The molecule has 180 valence electrons. The van der Waals surface area contributed by atoms with Crippen molar-refractivity contribution in [3.05, 3.63) is 89.2 Å². The molecule has 3 N–H and O–H groups in total. The molecule has 2 amide bonds. The third kappa shape index (κ3) is 4.73. The lowest BCUT2D eigenvalue weighted by molar-refractivity contribution is -0.143. The molecule has 1 unspecified atom stereocenters. The number of fused-ring (bicyclic) bond motifs is 3. The fourth-order valence-corrected chi connectivity index (χ4v) is 4.17. The molecule has 0 radical (unpaired) electrons. The maximum atomic E-state index is 13.9. The Morgan fingerprint density at radius 2 is 1.60 bits per heavy atom. The van der Waals surface area contributed by atoms with Crippen LogP contribution >= 0.6 is 0 Å². The second kappa shape index (κ2) is 9.58. The Morgan fingerprint density at radius 1 is 1.00 bits per heavy atom. The van der Waals surface area contributed by atoms with E-state index in [1.807, 2.05) is 48.5 Å². The lowest BCUT2D eigenvalue weighted by Crippen LogP contribution is -2.51. The molecule has 0 spiro atoms. The summed E-state index contributed by atoms with van der Waals surface area (Å²) >= 11 is 0. The van der Waals surface area contributed by atoms with Gasteiger partial charge in [0.2, 0.25) is 0 Å². The van der Waals surface area contributed by atoms with Crippen LogP contribution in [-0.4, -0.2) is 35.2 Å². The normalized spacial score (nSPS) is 13.8. The largest absolute Gasteiger partial charge is 0.480 e. The molecule has 3 aromatic rings. The highest BCUT2D eigenvalue weighted by molar-refractivity contribution is 6.04. The van der Waals surface area contributed by atoms with Gasteiger partial charge in [-0.25, -0.2) is 14.0 Å². The SMILES string of the molecule is CCC(C)(NC(=O)c1cc(F)ccc1NC(=O)OCC1c2ccccc2-c2ccccc21)C(=O)O. The highest BCUT2D eigenvalue weighted by atomic mass is 19.1. The van der Waals surface area contributed by atoms with Crippen LogP contribution in [0.5, 0.6) is 0 Å². The molecule has 1 aliphatic rings. The number of carboxylic acid groups (broad SMARTS) is 1. The molecule has 0 aromatic heterocycles.